The molecule has 0 atom stereocenters. The fourth-order valence-electron chi connectivity index (χ4n) is 1.66. The zero-order chi connectivity index (χ0) is 15.5. The Hall–Kier alpha value is -2.23. The van der Waals surface area contributed by atoms with E-state index in [1.807, 2.05) is 6.07 Å². The molecule has 0 aliphatic carbocycles. The van der Waals surface area contributed by atoms with Gasteiger partial charge >= 0.3 is 0 Å². The molecule has 2 rings (SSSR count). The quantitative estimate of drug-likeness (QED) is 0.938. The maximum atomic E-state index is 12.3. The molecule has 0 unspecified atom stereocenters. The fourth-order valence-corrected chi connectivity index (χ4v) is 2.86. The molecular weight excluding hydrogens is 312 g/mol. The normalized spacial score (nSPS) is 10.7. The first kappa shape index (κ1) is 15.2. The minimum atomic E-state index is -3.75. The molecule has 0 saturated heterocycles. The number of anilines is 1. The van der Waals surface area contributed by atoms with Gasteiger partial charge in [0.05, 0.1) is 29.3 Å². The molecular formula is C14H11ClN2O3S. The lowest BCUT2D eigenvalue weighted by Crippen LogP contribution is -2.13. The van der Waals surface area contributed by atoms with Gasteiger partial charge in [-0.05, 0) is 36.4 Å². The Bertz CT molecular complexity index is 796. The first-order valence-electron chi connectivity index (χ1n) is 5.83. The van der Waals surface area contributed by atoms with Crippen LogP contribution in [0.1, 0.15) is 5.56 Å². The van der Waals surface area contributed by atoms with E-state index in [-0.39, 0.29) is 16.3 Å². The smallest absolute Gasteiger partial charge is 0.262 e. The Morgan fingerprint density at radius 1 is 1.19 bits per heavy atom. The van der Waals surface area contributed by atoms with Crippen molar-refractivity contribution >= 4 is 27.3 Å². The maximum Gasteiger partial charge on any atom is 0.262 e. The van der Waals surface area contributed by atoms with Crippen molar-refractivity contribution < 1.29 is 13.2 Å². The number of nitrogens with one attached hydrogen (secondary N) is 1. The Balaban J connectivity index is 2.37. The molecule has 0 aromatic heterocycles. The molecule has 21 heavy (non-hydrogen) atoms. The van der Waals surface area contributed by atoms with Crippen molar-refractivity contribution in [3.8, 4) is 11.8 Å². The number of nitrogens with zero attached hydrogens (tertiary/aromatic N) is 1. The maximum absolute atomic E-state index is 12.3. The van der Waals surface area contributed by atoms with Crippen LogP contribution in [-0.2, 0) is 10.0 Å². The van der Waals surface area contributed by atoms with E-state index in [1.165, 1.54) is 49.6 Å². The van der Waals surface area contributed by atoms with E-state index in [0.717, 1.165) is 0 Å². The highest BCUT2D eigenvalue weighted by Crippen LogP contribution is 2.28. The van der Waals surface area contributed by atoms with Crippen molar-refractivity contribution in [3.63, 3.8) is 0 Å². The number of rotatable bonds is 4. The van der Waals surface area contributed by atoms with Crippen LogP contribution in [0.4, 0.5) is 5.69 Å². The van der Waals surface area contributed by atoms with E-state index in [1.54, 1.807) is 0 Å². The summed E-state index contributed by atoms with van der Waals surface area (Å²) in [5, 5.41) is 9.28. The highest BCUT2D eigenvalue weighted by molar-refractivity contribution is 7.92. The van der Waals surface area contributed by atoms with Gasteiger partial charge in [-0.3, -0.25) is 4.72 Å². The second kappa shape index (κ2) is 6.04. The first-order valence-corrected chi connectivity index (χ1v) is 7.69. The van der Waals surface area contributed by atoms with Crippen molar-refractivity contribution in [2.45, 2.75) is 4.90 Å². The third-order valence-corrected chi connectivity index (χ3v) is 4.33. The number of methoxy groups -OCH3 is 1. The van der Waals surface area contributed by atoms with Crippen LogP contribution in [0.25, 0.3) is 0 Å². The molecule has 1 N–H and O–H groups in total. The van der Waals surface area contributed by atoms with Gasteiger partial charge in [0, 0.05) is 11.1 Å². The Kier molecular flexibility index (Phi) is 4.36. The molecule has 0 fully saturated rings. The zero-order valence-corrected chi connectivity index (χ0v) is 12.6. The summed E-state index contributed by atoms with van der Waals surface area (Å²) in [5.41, 5.74) is 0.632. The van der Waals surface area contributed by atoms with Gasteiger partial charge in [-0.1, -0.05) is 11.6 Å². The SMILES string of the molecule is COc1cc(C#N)ccc1NS(=O)(=O)c1ccc(Cl)cc1. The highest BCUT2D eigenvalue weighted by atomic mass is 35.5. The largest absolute Gasteiger partial charge is 0.495 e. The molecule has 5 nitrogen and oxygen atoms in total. The number of nitriles is 1. The van der Waals surface area contributed by atoms with Crippen molar-refractivity contribution in [1.82, 2.24) is 0 Å². The summed E-state index contributed by atoms with van der Waals surface area (Å²) < 4.78 is 32.0. The second-order valence-corrected chi connectivity index (χ2v) is 6.21. The van der Waals surface area contributed by atoms with Crippen LogP contribution < -0.4 is 9.46 Å². The van der Waals surface area contributed by atoms with Crippen LogP contribution in [0.2, 0.25) is 5.02 Å². The Morgan fingerprint density at radius 2 is 1.86 bits per heavy atom. The van der Waals surface area contributed by atoms with Crippen LogP contribution >= 0.6 is 11.6 Å². The van der Waals surface area contributed by atoms with Crippen LogP contribution in [-0.4, -0.2) is 15.5 Å². The van der Waals surface area contributed by atoms with Crippen LogP contribution in [0.5, 0.6) is 5.75 Å². The lowest BCUT2D eigenvalue weighted by molar-refractivity contribution is 0.416. The summed E-state index contributed by atoms with van der Waals surface area (Å²) in [6, 6.07) is 12.2. The van der Waals surface area contributed by atoms with Crippen LogP contribution in [0, 0.1) is 11.3 Å². The molecule has 2 aromatic carbocycles. The zero-order valence-electron chi connectivity index (χ0n) is 11.0. The third kappa shape index (κ3) is 3.45. The summed E-state index contributed by atoms with van der Waals surface area (Å²) in [6.45, 7) is 0. The molecule has 0 heterocycles. The molecule has 0 saturated carbocycles. The van der Waals surface area contributed by atoms with Crippen molar-refractivity contribution in [3.05, 3.63) is 53.1 Å². The van der Waals surface area contributed by atoms with Gasteiger partial charge in [0.15, 0.2) is 0 Å². The van der Waals surface area contributed by atoms with Crippen LogP contribution in [0.15, 0.2) is 47.4 Å². The Labute approximate surface area is 127 Å². The lowest BCUT2D eigenvalue weighted by atomic mass is 10.2. The molecule has 7 heteroatoms. The fraction of sp³-hybridized carbons (Fsp3) is 0.0714. The molecule has 0 amide bonds. The van der Waals surface area contributed by atoms with Crippen molar-refractivity contribution in [2.24, 2.45) is 0 Å². The van der Waals surface area contributed by atoms with E-state index in [9.17, 15) is 8.42 Å². The molecule has 0 aliphatic rings. The van der Waals surface area contributed by atoms with Gasteiger partial charge in [0.1, 0.15) is 5.75 Å². The number of sulfonamides is 1. The topological polar surface area (TPSA) is 79.2 Å². The summed E-state index contributed by atoms with van der Waals surface area (Å²) >= 11 is 5.74. The molecule has 0 aliphatic heterocycles. The standard InChI is InChI=1S/C14H11ClN2O3S/c1-20-14-8-10(9-16)2-7-13(14)17-21(18,19)12-5-3-11(15)4-6-12/h2-8,17H,1H3. The van der Waals surface area contributed by atoms with Gasteiger partial charge in [-0.2, -0.15) is 5.26 Å². The van der Waals surface area contributed by atoms with E-state index in [4.69, 9.17) is 21.6 Å². The summed E-state index contributed by atoms with van der Waals surface area (Å²) in [6.07, 6.45) is 0. The van der Waals surface area contributed by atoms with Gasteiger partial charge in [-0.25, -0.2) is 8.42 Å². The van der Waals surface area contributed by atoms with Crippen LogP contribution in [0.3, 0.4) is 0 Å². The predicted molar refractivity (Wildman–Crippen MR) is 80.0 cm³/mol. The molecule has 108 valence electrons. The third-order valence-electron chi connectivity index (χ3n) is 2.70. The number of benzene rings is 2. The number of hydrogen-bond donors (Lipinski definition) is 1. The molecule has 0 spiro atoms. The minimum Gasteiger partial charge on any atom is -0.495 e. The van der Waals surface area contributed by atoms with E-state index < -0.39 is 10.0 Å². The van der Waals surface area contributed by atoms with E-state index >= 15 is 0 Å². The van der Waals surface area contributed by atoms with Gasteiger partial charge in [0.25, 0.3) is 10.0 Å². The summed E-state index contributed by atoms with van der Waals surface area (Å²) in [5.74, 6) is 0.270. The first-order chi connectivity index (χ1) is 9.96. The van der Waals surface area contributed by atoms with Gasteiger partial charge in [-0.15, -0.1) is 0 Å². The van der Waals surface area contributed by atoms with E-state index in [0.29, 0.717) is 10.6 Å². The van der Waals surface area contributed by atoms with Gasteiger partial charge < -0.3 is 4.74 Å². The molecule has 0 bridgehead atoms. The molecule has 2 aromatic rings. The Morgan fingerprint density at radius 3 is 2.43 bits per heavy atom. The summed E-state index contributed by atoms with van der Waals surface area (Å²) in [7, 11) is -2.35. The predicted octanol–water partition coefficient (Wildman–Crippen LogP) is 3.02. The number of halogens is 1. The second-order valence-electron chi connectivity index (χ2n) is 4.09. The molecule has 0 radical (unpaired) electrons. The lowest BCUT2D eigenvalue weighted by Gasteiger charge is -2.12. The highest BCUT2D eigenvalue weighted by Gasteiger charge is 2.16. The number of ether oxygens (including phenoxy) is 1. The monoisotopic (exact) mass is 322 g/mol. The average Bonchev–Trinajstić information content (AvgIpc) is 2.47. The van der Waals surface area contributed by atoms with Crippen molar-refractivity contribution in [1.29, 1.82) is 5.26 Å². The number of hydrogen-bond acceptors (Lipinski definition) is 4. The van der Waals surface area contributed by atoms with Crippen molar-refractivity contribution in [2.75, 3.05) is 11.8 Å². The minimum absolute atomic E-state index is 0.0818. The van der Waals surface area contributed by atoms with Gasteiger partial charge in [0.2, 0.25) is 0 Å². The summed E-state index contributed by atoms with van der Waals surface area (Å²) in [4.78, 5) is 0.0818. The average molecular weight is 323 g/mol. The van der Waals surface area contributed by atoms with E-state index in [2.05, 4.69) is 4.72 Å².